The highest BCUT2D eigenvalue weighted by atomic mass is 16.4. The molecule has 1 saturated heterocycles. The summed E-state index contributed by atoms with van der Waals surface area (Å²) in [7, 11) is 0. The van der Waals surface area contributed by atoms with Crippen molar-refractivity contribution >= 4 is 23.4 Å². The van der Waals surface area contributed by atoms with Crippen LogP contribution in [0.4, 0.5) is 16.2 Å². The third-order valence-corrected chi connectivity index (χ3v) is 3.56. The van der Waals surface area contributed by atoms with Gasteiger partial charge in [0.15, 0.2) is 0 Å². The van der Waals surface area contributed by atoms with Crippen LogP contribution < -0.4 is 15.5 Å². The number of amides is 2. The van der Waals surface area contributed by atoms with Crippen molar-refractivity contribution in [1.82, 2.24) is 5.32 Å². The highest BCUT2D eigenvalue weighted by Gasteiger charge is 2.14. The van der Waals surface area contributed by atoms with Crippen molar-refractivity contribution in [3.8, 4) is 0 Å². The Labute approximate surface area is 124 Å². The highest BCUT2D eigenvalue weighted by molar-refractivity contribution is 5.92. The molecule has 1 aliphatic rings. The molecule has 0 saturated carbocycles. The predicted octanol–water partition coefficient (Wildman–Crippen LogP) is 2.27. The maximum atomic E-state index is 11.6. The van der Waals surface area contributed by atoms with Gasteiger partial charge in [0, 0.05) is 24.5 Å². The van der Waals surface area contributed by atoms with E-state index in [0.29, 0.717) is 5.69 Å². The van der Waals surface area contributed by atoms with Crippen LogP contribution in [0, 0.1) is 0 Å². The van der Waals surface area contributed by atoms with Gasteiger partial charge in [0.2, 0.25) is 0 Å². The molecule has 1 fully saturated rings. The van der Waals surface area contributed by atoms with E-state index in [-0.39, 0.29) is 0 Å². The zero-order valence-electron chi connectivity index (χ0n) is 12.1. The number of carbonyl (C=O) groups is 2. The molecule has 1 atom stereocenters. The van der Waals surface area contributed by atoms with Crippen LogP contribution in [0.3, 0.4) is 0 Å². The summed E-state index contributed by atoms with van der Waals surface area (Å²) in [6, 6.07) is 6.17. The summed E-state index contributed by atoms with van der Waals surface area (Å²) in [6.45, 7) is 3.56. The molecule has 1 aromatic rings. The molecule has 2 rings (SSSR count). The molecule has 21 heavy (non-hydrogen) atoms. The van der Waals surface area contributed by atoms with Crippen LogP contribution in [0.15, 0.2) is 24.3 Å². The van der Waals surface area contributed by atoms with E-state index >= 15 is 0 Å². The second-order valence-electron chi connectivity index (χ2n) is 5.25. The molecule has 1 aromatic carbocycles. The molecule has 0 bridgehead atoms. The van der Waals surface area contributed by atoms with Gasteiger partial charge in [0.25, 0.3) is 0 Å². The summed E-state index contributed by atoms with van der Waals surface area (Å²) >= 11 is 0. The summed E-state index contributed by atoms with van der Waals surface area (Å²) in [5.41, 5.74) is 1.80. The Morgan fingerprint density at radius 1 is 1.14 bits per heavy atom. The first-order chi connectivity index (χ1) is 10.1. The van der Waals surface area contributed by atoms with E-state index < -0.39 is 18.0 Å². The normalized spacial score (nSPS) is 16.1. The molecule has 6 heteroatoms. The number of carboxylic acid groups (broad SMARTS) is 1. The fourth-order valence-electron chi connectivity index (χ4n) is 2.33. The lowest BCUT2D eigenvalue weighted by molar-refractivity contribution is -0.138. The van der Waals surface area contributed by atoms with Gasteiger partial charge >= 0.3 is 12.0 Å². The third-order valence-electron chi connectivity index (χ3n) is 3.56. The molecule has 2 amide bonds. The van der Waals surface area contributed by atoms with E-state index in [4.69, 9.17) is 5.11 Å². The first-order valence-corrected chi connectivity index (χ1v) is 7.21. The number of nitrogens with one attached hydrogen (secondary N) is 2. The standard InChI is InChI=1S/C15H21N3O3/c1-11(14(19)20)16-15(21)17-12-5-7-13(8-6-12)18-9-3-2-4-10-18/h5-8,11H,2-4,9-10H2,1H3,(H,19,20)(H2,16,17,21). The average molecular weight is 291 g/mol. The number of aliphatic carboxylic acids is 1. The first kappa shape index (κ1) is 15.2. The average Bonchev–Trinajstić information content (AvgIpc) is 2.48. The second-order valence-corrected chi connectivity index (χ2v) is 5.25. The molecular formula is C15H21N3O3. The van der Waals surface area contributed by atoms with Crippen molar-refractivity contribution < 1.29 is 14.7 Å². The number of benzene rings is 1. The molecule has 0 radical (unpaired) electrons. The summed E-state index contributed by atoms with van der Waals surface area (Å²) in [6.07, 6.45) is 3.73. The number of hydrogen-bond donors (Lipinski definition) is 3. The summed E-state index contributed by atoms with van der Waals surface area (Å²) in [5, 5.41) is 13.7. The summed E-state index contributed by atoms with van der Waals surface area (Å²) in [5.74, 6) is -1.06. The van der Waals surface area contributed by atoms with Gasteiger partial charge in [-0.3, -0.25) is 4.79 Å². The van der Waals surface area contributed by atoms with E-state index in [1.807, 2.05) is 24.3 Å². The van der Waals surface area contributed by atoms with Gasteiger partial charge in [0.1, 0.15) is 6.04 Å². The smallest absolute Gasteiger partial charge is 0.325 e. The molecule has 1 unspecified atom stereocenters. The summed E-state index contributed by atoms with van der Waals surface area (Å²) in [4.78, 5) is 24.6. The minimum Gasteiger partial charge on any atom is -0.480 e. The number of nitrogens with zero attached hydrogens (tertiary/aromatic N) is 1. The Morgan fingerprint density at radius 2 is 1.76 bits per heavy atom. The molecule has 6 nitrogen and oxygen atoms in total. The summed E-state index contributed by atoms with van der Waals surface area (Å²) < 4.78 is 0. The molecule has 0 aromatic heterocycles. The SMILES string of the molecule is CC(NC(=O)Nc1ccc(N2CCCCC2)cc1)C(=O)O. The van der Waals surface area contributed by atoms with E-state index in [0.717, 1.165) is 18.8 Å². The van der Waals surface area contributed by atoms with E-state index in [9.17, 15) is 9.59 Å². The Kier molecular flexibility index (Phi) is 5.03. The molecule has 114 valence electrons. The van der Waals surface area contributed by atoms with Crippen molar-refractivity contribution in [3.63, 3.8) is 0 Å². The van der Waals surface area contributed by atoms with Crippen molar-refractivity contribution in [3.05, 3.63) is 24.3 Å². The number of rotatable bonds is 4. The minimum atomic E-state index is -1.06. The molecular weight excluding hydrogens is 270 g/mol. The van der Waals surface area contributed by atoms with E-state index in [1.54, 1.807) is 0 Å². The number of carbonyl (C=O) groups excluding carboxylic acids is 1. The second kappa shape index (κ2) is 6.97. The van der Waals surface area contributed by atoms with Crippen LogP contribution >= 0.6 is 0 Å². The van der Waals surface area contributed by atoms with Gasteiger partial charge in [-0.15, -0.1) is 0 Å². The molecule has 0 spiro atoms. The topological polar surface area (TPSA) is 81.7 Å². The van der Waals surface area contributed by atoms with E-state index in [1.165, 1.54) is 26.2 Å². The number of piperidine rings is 1. The molecule has 3 N–H and O–H groups in total. The lowest BCUT2D eigenvalue weighted by atomic mass is 10.1. The Hall–Kier alpha value is -2.24. The monoisotopic (exact) mass is 291 g/mol. The first-order valence-electron chi connectivity index (χ1n) is 7.21. The van der Waals surface area contributed by atoms with Crippen LogP contribution in [0.5, 0.6) is 0 Å². The number of hydrogen-bond acceptors (Lipinski definition) is 3. The van der Waals surface area contributed by atoms with Gasteiger partial charge in [-0.05, 0) is 50.5 Å². The lowest BCUT2D eigenvalue weighted by Gasteiger charge is -2.28. The number of urea groups is 1. The fraction of sp³-hybridized carbons (Fsp3) is 0.467. The Morgan fingerprint density at radius 3 is 2.33 bits per heavy atom. The van der Waals surface area contributed by atoms with Crippen molar-refractivity contribution in [2.24, 2.45) is 0 Å². The Balaban J connectivity index is 1.89. The number of anilines is 2. The van der Waals surface area contributed by atoms with Crippen molar-refractivity contribution in [2.45, 2.75) is 32.2 Å². The Bertz CT molecular complexity index is 495. The fourth-order valence-corrected chi connectivity index (χ4v) is 2.33. The van der Waals surface area contributed by atoms with Gasteiger partial charge in [-0.25, -0.2) is 4.79 Å². The van der Waals surface area contributed by atoms with Gasteiger partial charge in [-0.2, -0.15) is 0 Å². The lowest BCUT2D eigenvalue weighted by Crippen LogP contribution is -2.40. The molecule has 1 aliphatic heterocycles. The molecule has 0 aliphatic carbocycles. The van der Waals surface area contributed by atoms with Crippen LogP contribution in [-0.4, -0.2) is 36.2 Å². The zero-order chi connectivity index (χ0) is 15.2. The van der Waals surface area contributed by atoms with Crippen molar-refractivity contribution in [1.29, 1.82) is 0 Å². The zero-order valence-corrected chi connectivity index (χ0v) is 12.1. The van der Waals surface area contributed by atoms with Crippen LogP contribution in [0.1, 0.15) is 26.2 Å². The largest absolute Gasteiger partial charge is 0.480 e. The molecule has 1 heterocycles. The predicted molar refractivity (Wildman–Crippen MR) is 81.8 cm³/mol. The van der Waals surface area contributed by atoms with Crippen LogP contribution in [-0.2, 0) is 4.79 Å². The van der Waals surface area contributed by atoms with Gasteiger partial charge < -0.3 is 20.6 Å². The van der Waals surface area contributed by atoms with Gasteiger partial charge in [-0.1, -0.05) is 0 Å². The quantitative estimate of drug-likeness (QED) is 0.795. The third kappa shape index (κ3) is 4.37. The van der Waals surface area contributed by atoms with E-state index in [2.05, 4.69) is 15.5 Å². The minimum absolute atomic E-state index is 0.518. The van der Waals surface area contributed by atoms with Gasteiger partial charge in [0.05, 0.1) is 0 Å². The number of carboxylic acids is 1. The maximum Gasteiger partial charge on any atom is 0.325 e. The van der Waals surface area contributed by atoms with Crippen molar-refractivity contribution in [2.75, 3.05) is 23.3 Å². The maximum absolute atomic E-state index is 11.6. The van der Waals surface area contributed by atoms with Crippen LogP contribution in [0.25, 0.3) is 0 Å². The highest BCUT2D eigenvalue weighted by Crippen LogP contribution is 2.21. The van der Waals surface area contributed by atoms with Crippen LogP contribution in [0.2, 0.25) is 0 Å².